The Labute approximate surface area is 283 Å². The van der Waals surface area contributed by atoms with Crippen LogP contribution in [0.25, 0.3) is 6.08 Å². The lowest BCUT2D eigenvalue weighted by Gasteiger charge is -2.60. The molecule has 4 bridgehead atoms. The minimum Gasteiger partial charge on any atom is -0.744 e. The van der Waals surface area contributed by atoms with Crippen molar-refractivity contribution < 1.29 is 49.5 Å². The molecule has 7 nitrogen and oxygen atoms in total. The van der Waals surface area contributed by atoms with Gasteiger partial charge in [-0.2, -0.15) is 8.78 Å². The molecule has 0 amide bonds. The van der Waals surface area contributed by atoms with E-state index in [9.17, 15) is 35.3 Å². The standard InChI is InChI=1S/C31H24F4I2O7S/c1-2-15-3-5-18(6-4-15)29(38)44-31-12-16-7-17(13-31)11-30(10-16,14-31)43-22-9-19(36)21(8-20(22)37)42-27-23(32)25(34)28(45(39,40)41)26(35)24(27)33/h2-6,8-9,16-17H,1,7,10-14H2,(H,39,40,41)/p-1. The van der Waals surface area contributed by atoms with Gasteiger partial charge < -0.3 is 18.8 Å². The molecule has 0 saturated heterocycles. The van der Waals surface area contributed by atoms with E-state index in [0.29, 0.717) is 21.3 Å². The smallest absolute Gasteiger partial charge is 0.338 e. The molecule has 0 aromatic heterocycles. The SMILES string of the molecule is C=Cc1ccc(C(=O)OC23CC4CC(C2)CC(Oc2cc(I)c(Oc5c(F)c(F)c(S(=O)(=O)[O-])c(F)c5F)cc2I)(C4)C3)cc1. The van der Waals surface area contributed by atoms with Gasteiger partial charge in [-0.1, -0.05) is 24.8 Å². The molecule has 3 aromatic rings. The third-order valence-electron chi connectivity index (χ3n) is 8.60. The zero-order valence-electron chi connectivity index (χ0n) is 23.2. The first-order valence-corrected chi connectivity index (χ1v) is 17.3. The Morgan fingerprint density at radius 2 is 1.42 bits per heavy atom. The lowest BCUT2D eigenvalue weighted by molar-refractivity contribution is -0.189. The maximum Gasteiger partial charge on any atom is 0.338 e. The molecule has 0 aliphatic heterocycles. The zero-order chi connectivity index (χ0) is 32.5. The molecule has 3 aromatic carbocycles. The Kier molecular flexibility index (Phi) is 8.42. The van der Waals surface area contributed by atoms with E-state index in [1.165, 1.54) is 6.07 Å². The summed E-state index contributed by atoms with van der Waals surface area (Å²) in [6.07, 6.45) is 6.17. The van der Waals surface area contributed by atoms with E-state index < -0.39 is 61.2 Å². The van der Waals surface area contributed by atoms with Gasteiger partial charge in [-0.15, -0.1) is 0 Å². The monoisotopic (exact) mass is 869 g/mol. The number of carbonyl (C=O) groups excluding carboxylic acids is 1. The van der Waals surface area contributed by atoms with Crippen LogP contribution in [-0.4, -0.2) is 30.1 Å². The molecule has 2 unspecified atom stereocenters. The molecule has 14 heteroatoms. The molecule has 4 aliphatic rings. The second-order valence-electron chi connectivity index (χ2n) is 11.8. The number of rotatable bonds is 8. The van der Waals surface area contributed by atoms with Gasteiger partial charge in [0, 0.05) is 6.42 Å². The molecular formula is C31H23F4I2O7S-. The molecule has 7 rings (SSSR count). The van der Waals surface area contributed by atoms with E-state index in [4.69, 9.17) is 14.2 Å². The first-order chi connectivity index (χ1) is 21.1. The number of benzene rings is 3. The third-order valence-corrected chi connectivity index (χ3v) is 11.1. The fourth-order valence-electron chi connectivity index (χ4n) is 7.26. The van der Waals surface area contributed by atoms with Gasteiger partial charge >= 0.3 is 5.97 Å². The number of hydrogen-bond donors (Lipinski definition) is 0. The average Bonchev–Trinajstić information content (AvgIpc) is 2.95. The van der Waals surface area contributed by atoms with Crippen LogP contribution in [0.5, 0.6) is 17.2 Å². The largest absolute Gasteiger partial charge is 0.744 e. The topological polar surface area (TPSA) is 102 Å². The summed E-state index contributed by atoms with van der Waals surface area (Å²) in [6.45, 7) is 3.73. The van der Waals surface area contributed by atoms with Crippen LogP contribution in [0.4, 0.5) is 17.6 Å². The van der Waals surface area contributed by atoms with Crippen molar-refractivity contribution in [3.8, 4) is 17.2 Å². The molecule has 45 heavy (non-hydrogen) atoms. The van der Waals surface area contributed by atoms with Crippen LogP contribution >= 0.6 is 45.2 Å². The highest BCUT2D eigenvalue weighted by Gasteiger charge is 2.61. The van der Waals surface area contributed by atoms with Crippen molar-refractivity contribution in [2.45, 2.75) is 54.6 Å². The minimum atomic E-state index is -5.86. The molecule has 4 saturated carbocycles. The Morgan fingerprint density at radius 3 is 1.98 bits per heavy atom. The summed E-state index contributed by atoms with van der Waals surface area (Å²) in [5, 5.41) is 0. The average molecular weight is 869 g/mol. The van der Waals surface area contributed by atoms with Gasteiger partial charge in [-0.05, 0) is 119 Å². The van der Waals surface area contributed by atoms with Crippen LogP contribution in [0, 0.1) is 42.2 Å². The van der Waals surface area contributed by atoms with E-state index in [2.05, 4.69) is 6.58 Å². The van der Waals surface area contributed by atoms with Gasteiger partial charge in [-0.3, -0.25) is 0 Å². The lowest BCUT2D eigenvalue weighted by atomic mass is 9.52. The van der Waals surface area contributed by atoms with Crippen molar-refractivity contribution in [1.29, 1.82) is 0 Å². The summed E-state index contributed by atoms with van der Waals surface area (Å²) in [5.74, 6) is -10.2. The maximum absolute atomic E-state index is 14.6. The Balaban J connectivity index is 1.25. The molecule has 4 fully saturated rings. The number of ether oxygens (including phenoxy) is 3. The van der Waals surface area contributed by atoms with Gasteiger partial charge in [0.2, 0.25) is 17.4 Å². The summed E-state index contributed by atoms with van der Waals surface area (Å²) in [4.78, 5) is 10.9. The van der Waals surface area contributed by atoms with E-state index >= 15 is 0 Å². The van der Waals surface area contributed by atoms with Gasteiger partial charge in [0.15, 0.2) is 11.6 Å². The summed E-state index contributed by atoms with van der Waals surface area (Å²) in [6, 6.07) is 9.92. The summed E-state index contributed by atoms with van der Waals surface area (Å²) < 4.78 is 110. The molecule has 238 valence electrons. The number of carbonyl (C=O) groups is 1. The van der Waals surface area contributed by atoms with Crippen LogP contribution in [-0.2, 0) is 14.9 Å². The molecule has 0 spiro atoms. The first-order valence-electron chi connectivity index (χ1n) is 13.8. The minimum absolute atomic E-state index is 0.194. The molecule has 0 N–H and O–H groups in total. The summed E-state index contributed by atoms with van der Waals surface area (Å²) in [5.41, 5.74) is 0.0128. The van der Waals surface area contributed by atoms with Crippen LogP contribution in [0.15, 0.2) is 47.9 Å². The Bertz CT molecular complexity index is 1810. The van der Waals surface area contributed by atoms with Crippen molar-refractivity contribution in [2.75, 3.05) is 0 Å². The quantitative estimate of drug-likeness (QED) is 0.0742. The maximum atomic E-state index is 14.6. The van der Waals surface area contributed by atoms with Crippen molar-refractivity contribution in [3.63, 3.8) is 0 Å². The summed E-state index contributed by atoms with van der Waals surface area (Å²) >= 11 is 3.73. The molecule has 0 heterocycles. The number of hydrogen-bond acceptors (Lipinski definition) is 7. The highest BCUT2D eigenvalue weighted by atomic mass is 127. The third kappa shape index (κ3) is 6.06. The fourth-order valence-corrected chi connectivity index (χ4v) is 8.97. The fraction of sp³-hybridized carbons (Fsp3) is 0.323. The second kappa shape index (κ2) is 11.7. The van der Waals surface area contributed by atoms with Gasteiger partial charge in [0.1, 0.15) is 37.7 Å². The highest BCUT2D eigenvalue weighted by Crippen LogP contribution is 2.60. The van der Waals surface area contributed by atoms with Crippen molar-refractivity contribution in [2.24, 2.45) is 11.8 Å². The van der Waals surface area contributed by atoms with Gasteiger partial charge in [-0.25, -0.2) is 22.0 Å². The Morgan fingerprint density at radius 1 is 0.889 bits per heavy atom. The van der Waals surface area contributed by atoms with Crippen LogP contribution < -0.4 is 9.47 Å². The molecular weight excluding hydrogens is 846 g/mol. The van der Waals surface area contributed by atoms with E-state index in [0.717, 1.165) is 37.7 Å². The predicted octanol–water partition coefficient (Wildman–Crippen LogP) is 8.12. The van der Waals surface area contributed by atoms with Crippen molar-refractivity contribution in [3.05, 3.63) is 84.5 Å². The normalized spacial score (nSPS) is 25.2. The van der Waals surface area contributed by atoms with Crippen molar-refractivity contribution >= 4 is 67.3 Å². The number of esters is 1. The van der Waals surface area contributed by atoms with Crippen LogP contribution in [0.2, 0.25) is 0 Å². The van der Waals surface area contributed by atoms with Gasteiger partial charge in [0.05, 0.1) is 12.7 Å². The van der Waals surface area contributed by atoms with E-state index in [1.807, 2.05) is 22.6 Å². The second-order valence-corrected chi connectivity index (χ2v) is 15.5. The molecule has 2 atom stereocenters. The predicted molar refractivity (Wildman–Crippen MR) is 169 cm³/mol. The van der Waals surface area contributed by atoms with Crippen LogP contribution in [0.1, 0.15) is 54.4 Å². The summed E-state index contributed by atoms with van der Waals surface area (Å²) in [7, 11) is -5.86. The molecule has 4 aliphatic carbocycles. The molecule has 0 radical (unpaired) electrons. The zero-order valence-corrected chi connectivity index (χ0v) is 28.3. The van der Waals surface area contributed by atoms with Gasteiger partial charge in [0.25, 0.3) is 0 Å². The first kappa shape index (κ1) is 32.5. The van der Waals surface area contributed by atoms with E-state index in [-0.39, 0.29) is 21.2 Å². The number of halogens is 6. The highest BCUT2D eigenvalue weighted by molar-refractivity contribution is 14.1. The van der Waals surface area contributed by atoms with Crippen molar-refractivity contribution in [1.82, 2.24) is 0 Å². The Hall–Kier alpha value is -2.44. The lowest BCUT2D eigenvalue weighted by Crippen LogP contribution is -2.62. The van der Waals surface area contributed by atoms with Crippen LogP contribution in [0.3, 0.4) is 0 Å². The van der Waals surface area contributed by atoms with E-state index in [1.54, 1.807) is 59.0 Å².